The molecular formula is C27H26N4O. The number of fused-ring (bicyclic) bond motifs is 1. The highest BCUT2D eigenvalue weighted by Crippen LogP contribution is 2.23. The summed E-state index contributed by atoms with van der Waals surface area (Å²) in [5, 5.41) is 11.0. The quantitative estimate of drug-likeness (QED) is 0.472. The third kappa shape index (κ3) is 3.82. The van der Waals surface area contributed by atoms with Crippen molar-refractivity contribution in [1.82, 2.24) is 15.1 Å². The van der Waals surface area contributed by atoms with Gasteiger partial charge in [-0.1, -0.05) is 48.5 Å². The van der Waals surface area contributed by atoms with Crippen molar-refractivity contribution in [3.05, 3.63) is 89.5 Å². The van der Waals surface area contributed by atoms with E-state index in [0.29, 0.717) is 13.1 Å². The van der Waals surface area contributed by atoms with Crippen LogP contribution in [0.3, 0.4) is 0 Å². The molecule has 1 aliphatic rings. The molecule has 3 aromatic carbocycles. The number of aromatic nitrogens is 2. The number of rotatable bonds is 3. The zero-order valence-corrected chi connectivity index (χ0v) is 18.5. The van der Waals surface area contributed by atoms with E-state index in [1.54, 1.807) is 0 Å². The first kappa shape index (κ1) is 20.2. The molecule has 0 spiro atoms. The molecule has 1 fully saturated rings. The standard InChI is InChI=1S/C27H26N4O/c1-19-10-11-22(18-20(19)2)25-12-13-26(29-28-25)30-14-16-31(17-15-30)27(32)24-9-5-7-21-6-3-4-8-23(21)24/h3-13,18H,14-17H2,1-2H3. The Morgan fingerprint density at radius 1 is 0.781 bits per heavy atom. The van der Waals surface area contributed by atoms with Crippen LogP contribution in [0.25, 0.3) is 22.0 Å². The third-order valence-electron chi connectivity index (χ3n) is 6.36. The van der Waals surface area contributed by atoms with E-state index < -0.39 is 0 Å². The summed E-state index contributed by atoms with van der Waals surface area (Å²) >= 11 is 0. The minimum atomic E-state index is 0.0950. The van der Waals surface area contributed by atoms with Crippen LogP contribution in [0.5, 0.6) is 0 Å². The van der Waals surface area contributed by atoms with Crippen LogP contribution in [0, 0.1) is 13.8 Å². The van der Waals surface area contributed by atoms with Gasteiger partial charge in [-0.05, 0) is 60.0 Å². The van der Waals surface area contributed by atoms with Crippen molar-refractivity contribution in [3.8, 4) is 11.3 Å². The Labute approximate surface area is 188 Å². The second kappa shape index (κ2) is 8.42. The van der Waals surface area contributed by atoms with Gasteiger partial charge >= 0.3 is 0 Å². The average molecular weight is 423 g/mol. The van der Waals surface area contributed by atoms with Gasteiger partial charge in [0.2, 0.25) is 0 Å². The van der Waals surface area contributed by atoms with Gasteiger partial charge in [0.1, 0.15) is 0 Å². The molecule has 0 radical (unpaired) electrons. The second-order valence-corrected chi connectivity index (χ2v) is 8.38. The van der Waals surface area contributed by atoms with E-state index in [-0.39, 0.29) is 5.91 Å². The molecule has 0 atom stereocenters. The largest absolute Gasteiger partial charge is 0.352 e. The molecule has 0 unspecified atom stereocenters. The van der Waals surface area contributed by atoms with E-state index in [2.05, 4.69) is 47.1 Å². The maximum absolute atomic E-state index is 13.2. The number of piperazine rings is 1. The number of benzene rings is 3. The maximum atomic E-state index is 13.2. The zero-order chi connectivity index (χ0) is 22.1. The third-order valence-corrected chi connectivity index (χ3v) is 6.36. The number of nitrogens with zero attached hydrogens (tertiary/aromatic N) is 4. The number of carbonyl (C=O) groups excluding carboxylic acids is 1. The fourth-order valence-corrected chi connectivity index (χ4v) is 4.27. The molecule has 160 valence electrons. The van der Waals surface area contributed by atoms with E-state index in [4.69, 9.17) is 0 Å². The van der Waals surface area contributed by atoms with Crippen molar-refractivity contribution in [2.45, 2.75) is 13.8 Å². The summed E-state index contributed by atoms with van der Waals surface area (Å²) in [5.41, 5.74) is 5.25. The molecule has 2 heterocycles. The van der Waals surface area contributed by atoms with Crippen molar-refractivity contribution >= 4 is 22.5 Å². The number of hydrogen-bond acceptors (Lipinski definition) is 4. The van der Waals surface area contributed by atoms with Crippen molar-refractivity contribution in [3.63, 3.8) is 0 Å². The zero-order valence-electron chi connectivity index (χ0n) is 18.5. The first-order chi connectivity index (χ1) is 15.6. The van der Waals surface area contributed by atoms with Crippen LogP contribution in [0.1, 0.15) is 21.5 Å². The van der Waals surface area contributed by atoms with Crippen LogP contribution in [-0.4, -0.2) is 47.2 Å². The van der Waals surface area contributed by atoms with Gasteiger partial charge in [0.25, 0.3) is 5.91 Å². The lowest BCUT2D eigenvalue weighted by Gasteiger charge is -2.35. The molecule has 32 heavy (non-hydrogen) atoms. The number of aryl methyl sites for hydroxylation is 2. The summed E-state index contributed by atoms with van der Waals surface area (Å²) in [4.78, 5) is 17.3. The van der Waals surface area contributed by atoms with Gasteiger partial charge in [-0.2, -0.15) is 0 Å². The molecule has 1 saturated heterocycles. The molecule has 1 aromatic heterocycles. The summed E-state index contributed by atoms with van der Waals surface area (Å²) in [6, 6.07) is 24.4. The summed E-state index contributed by atoms with van der Waals surface area (Å²) in [7, 11) is 0. The van der Waals surface area contributed by atoms with Crippen molar-refractivity contribution in [1.29, 1.82) is 0 Å². The van der Waals surface area contributed by atoms with Gasteiger partial charge in [0.05, 0.1) is 5.69 Å². The molecule has 0 N–H and O–H groups in total. The Kier molecular flexibility index (Phi) is 5.31. The van der Waals surface area contributed by atoms with E-state index in [0.717, 1.165) is 46.5 Å². The number of carbonyl (C=O) groups is 1. The van der Waals surface area contributed by atoms with Crippen LogP contribution in [0.2, 0.25) is 0 Å². The van der Waals surface area contributed by atoms with Gasteiger partial charge in [0, 0.05) is 37.3 Å². The lowest BCUT2D eigenvalue weighted by molar-refractivity contribution is 0.0748. The minimum absolute atomic E-state index is 0.0950. The summed E-state index contributed by atoms with van der Waals surface area (Å²) in [6.07, 6.45) is 0. The van der Waals surface area contributed by atoms with E-state index in [1.165, 1.54) is 11.1 Å². The SMILES string of the molecule is Cc1ccc(-c2ccc(N3CCN(C(=O)c4cccc5ccccc45)CC3)nn2)cc1C. The molecule has 0 aliphatic carbocycles. The Hall–Kier alpha value is -3.73. The fourth-order valence-electron chi connectivity index (χ4n) is 4.27. The highest BCUT2D eigenvalue weighted by atomic mass is 16.2. The summed E-state index contributed by atoms with van der Waals surface area (Å²) in [5.74, 6) is 0.951. The van der Waals surface area contributed by atoms with E-state index in [9.17, 15) is 4.79 Å². The molecule has 0 saturated carbocycles. The van der Waals surface area contributed by atoms with Gasteiger partial charge < -0.3 is 9.80 Å². The molecule has 1 amide bonds. The smallest absolute Gasteiger partial charge is 0.254 e. The Bertz CT molecular complexity index is 1270. The molecular weight excluding hydrogens is 396 g/mol. The van der Waals surface area contributed by atoms with Gasteiger partial charge in [-0.15, -0.1) is 10.2 Å². The van der Waals surface area contributed by atoms with Crippen molar-refractivity contribution in [2.24, 2.45) is 0 Å². The van der Waals surface area contributed by atoms with Crippen LogP contribution >= 0.6 is 0 Å². The van der Waals surface area contributed by atoms with Gasteiger partial charge in [-0.3, -0.25) is 4.79 Å². The summed E-state index contributed by atoms with van der Waals surface area (Å²) in [6.45, 7) is 7.05. The molecule has 1 aliphatic heterocycles. The number of hydrogen-bond donors (Lipinski definition) is 0. The number of amides is 1. The van der Waals surface area contributed by atoms with Crippen LogP contribution in [0.15, 0.2) is 72.8 Å². The van der Waals surface area contributed by atoms with Crippen LogP contribution in [-0.2, 0) is 0 Å². The first-order valence-corrected chi connectivity index (χ1v) is 11.0. The predicted molar refractivity (Wildman–Crippen MR) is 129 cm³/mol. The van der Waals surface area contributed by atoms with Gasteiger partial charge in [0.15, 0.2) is 5.82 Å². The average Bonchev–Trinajstić information content (AvgIpc) is 2.85. The lowest BCUT2D eigenvalue weighted by atomic mass is 10.0. The molecule has 5 heteroatoms. The van der Waals surface area contributed by atoms with Crippen LogP contribution in [0.4, 0.5) is 5.82 Å². The minimum Gasteiger partial charge on any atom is -0.352 e. The predicted octanol–water partition coefficient (Wildman–Crippen LogP) is 4.88. The molecule has 0 bridgehead atoms. The molecule has 4 aromatic rings. The van der Waals surface area contributed by atoms with Crippen molar-refractivity contribution in [2.75, 3.05) is 31.1 Å². The summed E-state index contributed by atoms with van der Waals surface area (Å²) < 4.78 is 0. The first-order valence-electron chi connectivity index (χ1n) is 11.0. The van der Waals surface area contributed by atoms with E-state index in [1.807, 2.05) is 59.5 Å². The monoisotopic (exact) mass is 422 g/mol. The normalized spacial score (nSPS) is 14.1. The highest BCUT2D eigenvalue weighted by molar-refractivity contribution is 6.07. The van der Waals surface area contributed by atoms with E-state index >= 15 is 0 Å². The topological polar surface area (TPSA) is 49.3 Å². The highest BCUT2D eigenvalue weighted by Gasteiger charge is 2.24. The van der Waals surface area contributed by atoms with Crippen molar-refractivity contribution < 1.29 is 4.79 Å². The lowest BCUT2D eigenvalue weighted by Crippen LogP contribution is -2.49. The fraction of sp³-hybridized carbons (Fsp3) is 0.222. The maximum Gasteiger partial charge on any atom is 0.254 e. The second-order valence-electron chi connectivity index (χ2n) is 8.38. The Morgan fingerprint density at radius 3 is 2.31 bits per heavy atom. The van der Waals surface area contributed by atoms with Crippen LogP contribution < -0.4 is 4.90 Å². The Morgan fingerprint density at radius 2 is 1.56 bits per heavy atom. The molecule has 5 nitrogen and oxygen atoms in total. The Balaban J connectivity index is 1.27. The molecule has 5 rings (SSSR count). The van der Waals surface area contributed by atoms with Gasteiger partial charge in [-0.25, -0.2) is 0 Å². The number of anilines is 1.